The van der Waals surface area contributed by atoms with Crippen LogP contribution in [0.25, 0.3) is 0 Å². The fourth-order valence-electron chi connectivity index (χ4n) is 0.960. The lowest BCUT2D eigenvalue weighted by Gasteiger charge is -2.09. The van der Waals surface area contributed by atoms with Crippen LogP contribution in [0.2, 0.25) is 0 Å². The van der Waals surface area contributed by atoms with Crippen LogP contribution in [-0.4, -0.2) is 6.61 Å². The summed E-state index contributed by atoms with van der Waals surface area (Å²) in [5.74, 6) is 0.580. The molecule has 78 valence electrons. The lowest BCUT2D eigenvalue weighted by molar-refractivity contribution is 0.0950. The van der Waals surface area contributed by atoms with E-state index in [1.807, 2.05) is 6.92 Å². The first-order valence-electron chi connectivity index (χ1n) is 4.34. The topological polar surface area (TPSA) is 9.23 Å². The van der Waals surface area contributed by atoms with Crippen LogP contribution in [-0.2, 0) is 5.38 Å². The van der Waals surface area contributed by atoms with E-state index in [1.54, 1.807) is 0 Å². The standard InChI is InChI=1S/C10H11ClF2O/c1-2-7-14-9-5-3-8(4-6-9)10(11,12)13/h3-6H,2,7H2,1H3. The Morgan fingerprint density at radius 2 is 1.86 bits per heavy atom. The molecule has 0 heterocycles. The van der Waals surface area contributed by atoms with E-state index in [0.717, 1.165) is 6.42 Å². The third-order valence-corrected chi connectivity index (χ3v) is 1.87. The Balaban J connectivity index is 2.69. The molecule has 0 aliphatic carbocycles. The first-order chi connectivity index (χ1) is 6.54. The van der Waals surface area contributed by atoms with Gasteiger partial charge in [0.15, 0.2) is 0 Å². The molecule has 0 saturated carbocycles. The van der Waals surface area contributed by atoms with Crippen LogP contribution >= 0.6 is 11.6 Å². The van der Waals surface area contributed by atoms with Gasteiger partial charge in [0.25, 0.3) is 0 Å². The minimum atomic E-state index is -3.30. The summed E-state index contributed by atoms with van der Waals surface area (Å²) in [5.41, 5.74) is -0.219. The third-order valence-electron chi connectivity index (χ3n) is 1.65. The molecular formula is C10H11ClF2O. The van der Waals surface area contributed by atoms with E-state index in [0.29, 0.717) is 12.4 Å². The summed E-state index contributed by atoms with van der Waals surface area (Å²) in [7, 11) is 0. The van der Waals surface area contributed by atoms with Gasteiger partial charge in [0.05, 0.1) is 6.61 Å². The van der Waals surface area contributed by atoms with Crippen molar-refractivity contribution in [2.45, 2.75) is 18.7 Å². The zero-order valence-corrected chi connectivity index (χ0v) is 8.52. The van der Waals surface area contributed by atoms with E-state index < -0.39 is 5.38 Å². The molecule has 1 nitrogen and oxygen atoms in total. The normalized spacial score (nSPS) is 11.4. The van der Waals surface area contributed by atoms with E-state index in [4.69, 9.17) is 16.3 Å². The second-order valence-corrected chi connectivity index (χ2v) is 3.35. The van der Waals surface area contributed by atoms with Crippen molar-refractivity contribution in [2.75, 3.05) is 6.61 Å². The van der Waals surface area contributed by atoms with Gasteiger partial charge in [-0.1, -0.05) is 6.92 Å². The first kappa shape index (κ1) is 11.2. The highest BCUT2D eigenvalue weighted by Gasteiger charge is 2.27. The Morgan fingerprint density at radius 1 is 1.29 bits per heavy atom. The lowest BCUT2D eigenvalue weighted by atomic mass is 10.2. The molecule has 1 aromatic carbocycles. The molecule has 0 amide bonds. The Labute approximate surface area is 86.6 Å². The van der Waals surface area contributed by atoms with Crippen LogP contribution in [0.1, 0.15) is 18.9 Å². The molecule has 1 aromatic rings. The number of hydrogen-bond donors (Lipinski definition) is 0. The monoisotopic (exact) mass is 220 g/mol. The number of rotatable bonds is 4. The molecule has 4 heteroatoms. The summed E-state index contributed by atoms with van der Waals surface area (Å²) in [6.07, 6.45) is 0.882. The maximum absolute atomic E-state index is 12.6. The molecule has 0 radical (unpaired) electrons. The van der Waals surface area contributed by atoms with Crippen molar-refractivity contribution in [1.82, 2.24) is 0 Å². The maximum Gasteiger partial charge on any atom is 0.348 e. The van der Waals surface area contributed by atoms with Gasteiger partial charge < -0.3 is 4.74 Å². The molecule has 14 heavy (non-hydrogen) atoms. The molecule has 1 rings (SSSR count). The summed E-state index contributed by atoms with van der Waals surface area (Å²) in [4.78, 5) is 0. The SMILES string of the molecule is CCCOc1ccc(C(F)(F)Cl)cc1. The van der Waals surface area contributed by atoms with Gasteiger partial charge in [-0.05, 0) is 42.3 Å². The summed E-state index contributed by atoms with van der Waals surface area (Å²) in [6, 6.07) is 5.50. The van der Waals surface area contributed by atoms with Crippen LogP contribution in [0.15, 0.2) is 24.3 Å². The van der Waals surface area contributed by atoms with E-state index in [1.165, 1.54) is 24.3 Å². The lowest BCUT2D eigenvalue weighted by Crippen LogP contribution is -2.03. The van der Waals surface area contributed by atoms with Gasteiger partial charge in [-0.3, -0.25) is 0 Å². The quantitative estimate of drug-likeness (QED) is 0.702. The van der Waals surface area contributed by atoms with Crippen molar-refractivity contribution in [2.24, 2.45) is 0 Å². The second-order valence-electron chi connectivity index (χ2n) is 2.87. The molecule has 0 atom stereocenters. The van der Waals surface area contributed by atoms with Crippen molar-refractivity contribution >= 4 is 11.6 Å². The van der Waals surface area contributed by atoms with Gasteiger partial charge in [-0.25, -0.2) is 0 Å². The zero-order valence-electron chi connectivity index (χ0n) is 7.77. The molecule has 0 saturated heterocycles. The number of benzene rings is 1. The summed E-state index contributed by atoms with van der Waals surface area (Å²) in [5, 5.41) is -3.30. The zero-order chi connectivity index (χ0) is 10.6. The van der Waals surface area contributed by atoms with Crippen molar-refractivity contribution in [3.05, 3.63) is 29.8 Å². The molecule has 0 spiro atoms. The predicted octanol–water partition coefficient (Wildman–Crippen LogP) is 3.76. The molecule has 0 unspecified atom stereocenters. The Morgan fingerprint density at radius 3 is 2.29 bits per heavy atom. The van der Waals surface area contributed by atoms with Crippen LogP contribution in [0.4, 0.5) is 8.78 Å². The number of hydrogen-bond acceptors (Lipinski definition) is 1. The van der Waals surface area contributed by atoms with Crippen LogP contribution in [0, 0.1) is 0 Å². The van der Waals surface area contributed by atoms with Gasteiger partial charge in [-0.2, -0.15) is 8.78 Å². The minimum absolute atomic E-state index is 0.219. The van der Waals surface area contributed by atoms with Gasteiger partial charge in [0.1, 0.15) is 5.75 Å². The Kier molecular flexibility index (Phi) is 3.69. The minimum Gasteiger partial charge on any atom is -0.494 e. The summed E-state index contributed by atoms with van der Waals surface area (Å²) >= 11 is 4.84. The molecule has 0 aromatic heterocycles. The number of ether oxygens (including phenoxy) is 1. The molecule has 0 N–H and O–H groups in total. The first-order valence-corrected chi connectivity index (χ1v) is 4.72. The van der Waals surface area contributed by atoms with Crippen LogP contribution in [0.5, 0.6) is 5.75 Å². The van der Waals surface area contributed by atoms with Gasteiger partial charge in [-0.15, -0.1) is 0 Å². The fourth-order valence-corrected chi connectivity index (χ4v) is 1.09. The third kappa shape index (κ3) is 3.14. The van der Waals surface area contributed by atoms with E-state index in [9.17, 15) is 8.78 Å². The maximum atomic E-state index is 12.6. The van der Waals surface area contributed by atoms with Crippen molar-refractivity contribution < 1.29 is 13.5 Å². The highest BCUT2D eigenvalue weighted by molar-refractivity contribution is 6.21. The van der Waals surface area contributed by atoms with E-state index in [2.05, 4.69) is 0 Å². The number of alkyl halides is 3. The average Bonchev–Trinajstić information content (AvgIpc) is 2.14. The molecule has 0 fully saturated rings. The molecule has 0 bridgehead atoms. The highest BCUT2D eigenvalue weighted by Crippen LogP contribution is 2.32. The molecule has 0 aliphatic rings. The average molecular weight is 221 g/mol. The molecule has 0 aliphatic heterocycles. The Bertz CT molecular complexity index is 279. The van der Waals surface area contributed by atoms with Crippen molar-refractivity contribution in [3.8, 4) is 5.75 Å². The van der Waals surface area contributed by atoms with Crippen LogP contribution in [0.3, 0.4) is 0 Å². The van der Waals surface area contributed by atoms with Crippen molar-refractivity contribution in [3.63, 3.8) is 0 Å². The number of halogens is 3. The summed E-state index contributed by atoms with van der Waals surface area (Å²) in [6.45, 7) is 2.55. The smallest absolute Gasteiger partial charge is 0.348 e. The highest BCUT2D eigenvalue weighted by atomic mass is 35.5. The largest absolute Gasteiger partial charge is 0.494 e. The fraction of sp³-hybridized carbons (Fsp3) is 0.400. The van der Waals surface area contributed by atoms with Gasteiger partial charge in [0.2, 0.25) is 0 Å². The van der Waals surface area contributed by atoms with Gasteiger partial charge in [0, 0.05) is 5.56 Å². The van der Waals surface area contributed by atoms with E-state index in [-0.39, 0.29) is 5.56 Å². The summed E-state index contributed by atoms with van der Waals surface area (Å²) < 4.78 is 30.4. The Hall–Kier alpha value is -0.830. The predicted molar refractivity (Wildman–Crippen MR) is 52.0 cm³/mol. The van der Waals surface area contributed by atoms with Gasteiger partial charge >= 0.3 is 5.38 Å². The van der Waals surface area contributed by atoms with Crippen molar-refractivity contribution in [1.29, 1.82) is 0 Å². The van der Waals surface area contributed by atoms with Crippen LogP contribution < -0.4 is 4.74 Å². The molecular weight excluding hydrogens is 210 g/mol. The van der Waals surface area contributed by atoms with E-state index >= 15 is 0 Å². The second kappa shape index (κ2) is 4.60.